The first-order chi connectivity index (χ1) is 13.1. The van der Waals surface area contributed by atoms with E-state index in [1.807, 2.05) is 35.7 Å². The second kappa shape index (κ2) is 7.20. The molecule has 7 heteroatoms. The Hall–Kier alpha value is -3.19. The zero-order chi connectivity index (χ0) is 18.8. The molecular formula is C20H16FN3O2S. The summed E-state index contributed by atoms with van der Waals surface area (Å²) in [4.78, 5) is 29.1. The van der Waals surface area contributed by atoms with Gasteiger partial charge in [-0.1, -0.05) is 18.2 Å². The molecule has 136 valence electrons. The molecule has 0 amide bonds. The zero-order valence-corrected chi connectivity index (χ0v) is 15.0. The third kappa shape index (κ3) is 3.98. The number of ketones is 1. The quantitative estimate of drug-likeness (QED) is 0.833. The van der Waals surface area contributed by atoms with Gasteiger partial charge in [0.25, 0.3) is 5.56 Å². The summed E-state index contributed by atoms with van der Waals surface area (Å²) < 4.78 is 14.2. The first-order valence-corrected chi connectivity index (χ1v) is 9.18. The van der Waals surface area contributed by atoms with Crippen LogP contribution < -0.4 is 20.1 Å². The van der Waals surface area contributed by atoms with E-state index in [0.29, 0.717) is 14.8 Å². The van der Waals surface area contributed by atoms with Crippen molar-refractivity contribution >= 4 is 29.3 Å². The second-order valence-electron chi connectivity index (χ2n) is 6.21. The Kier molecular flexibility index (Phi) is 4.60. The number of fused-ring (bicyclic) bond motifs is 1. The molecule has 0 saturated heterocycles. The van der Waals surface area contributed by atoms with Crippen LogP contribution in [0.2, 0.25) is 0 Å². The number of carbonyl (C=O) groups is 1. The highest BCUT2D eigenvalue weighted by molar-refractivity contribution is 7.07. The van der Waals surface area contributed by atoms with Crippen molar-refractivity contribution in [3.8, 4) is 0 Å². The van der Waals surface area contributed by atoms with Gasteiger partial charge in [0.15, 0.2) is 5.78 Å². The van der Waals surface area contributed by atoms with E-state index in [2.05, 4.69) is 10.3 Å². The average molecular weight is 381 g/mol. The minimum Gasteiger partial charge on any atom is -0.366 e. The molecular weight excluding hydrogens is 365 g/mol. The first-order valence-electron chi connectivity index (χ1n) is 8.37. The Morgan fingerprint density at radius 3 is 3.11 bits per heavy atom. The number of halogens is 1. The summed E-state index contributed by atoms with van der Waals surface area (Å²) in [5.41, 5.74) is 1.25. The number of H-pyrrole nitrogens is 1. The molecule has 2 aromatic rings. The van der Waals surface area contributed by atoms with Crippen LogP contribution in [0.5, 0.6) is 0 Å². The van der Waals surface area contributed by atoms with E-state index in [0.717, 1.165) is 5.57 Å². The first kappa shape index (κ1) is 17.2. The SMILES string of the molecule is O=C(/C=c1\[nH]c(=O)/c(=C/C2=CN3C=CNC3C=C2)s1)Cc1cccc(F)c1. The van der Waals surface area contributed by atoms with E-state index in [9.17, 15) is 14.0 Å². The standard InChI is InChI=1S/C20H16FN3O2S/c21-15-3-1-2-13(8-15)9-16(25)11-19-23-20(26)17(27-19)10-14-4-5-18-22-6-7-24(18)12-14/h1-8,10-12,18,22H,9H2,(H,23,26)/b17-10-,19-11+. The predicted octanol–water partition coefficient (Wildman–Crippen LogP) is 1.10. The Morgan fingerprint density at radius 2 is 2.26 bits per heavy atom. The minimum absolute atomic E-state index is 0.0836. The molecule has 0 spiro atoms. The number of rotatable bonds is 4. The van der Waals surface area contributed by atoms with Crippen LogP contribution in [-0.2, 0) is 11.2 Å². The van der Waals surface area contributed by atoms with Crippen molar-refractivity contribution in [3.05, 3.63) is 91.5 Å². The van der Waals surface area contributed by atoms with Crippen molar-refractivity contribution < 1.29 is 9.18 Å². The second-order valence-corrected chi connectivity index (χ2v) is 7.29. The molecule has 0 radical (unpaired) electrons. The highest BCUT2D eigenvalue weighted by Gasteiger charge is 2.16. The number of benzene rings is 1. The highest BCUT2D eigenvalue weighted by Crippen LogP contribution is 2.16. The molecule has 4 rings (SSSR count). The highest BCUT2D eigenvalue weighted by atomic mass is 32.1. The Balaban J connectivity index is 1.57. The van der Waals surface area contributed by atoms with Crippen molar-refractivity contribution in [2.75, 3.05) is 0 Å². The third-order valence-electron chi connectivity index (χ3n) is 4.14. The van der Waals surface area contributed by atoms with E-state index in [-0.39, 0.29) is 29.7 Å². The van der Waals surface area contributed by atoms with E-state index in [1.54, 1.807) is 18.2 Å². The molecule has 2 aliphatic heterocycles. The number of aromatic amines is 1. The van der Waals surface area contributed by atoms with E-state index in [4.69, 9.17) is 0 Å². The topological polar surface area (TPSA) is 65.2 Å². The van der Waals surface area contributed by atoms with Gasteiger partial charge in [-0.3, -0.25) is 9.59 Å². The van der Waals surface area contributed by atoms with Gasteiger partial charge in [-0.15, -0.1) is 11.3 Å². The average Bonchev–Trinajstić information content (AvgIpc) is 3.21. The molecule has 0 saturated carbocycles. The summed E-state index contributed by atoms with van der Waals surface area (Å²) >= 11 is 1.22. The predicted molar refractivity (Wildman–Crippen MR) is 103 cm³/mol. The number of Topliss-reactive ketones (excluding diaryl/α,β-unsaturated/α-hetero) is 1. The zero-order valence-electron chi connectivity index (χ0n) is 14.2. The number of allylic oxidation sites excluding steroid dienone is 2. The number of hydrogen-bond donors (Lipinski definition) is 2. The van der Waals surface area contributed by atoms with Gasteiger partial charge in [0, 0.05) is 31.1 Å². The molecule has 5 nitrogen and oxygen atoms in total. The van der Waals surface area contributed by atoms with Gasteiger partial charge in [0.05, 0.1) is 9.20 Å². The van der Waals surface area contributed by atoms with Gasteiger partial charge in [-0.25, -0.2) is 4.39 Å². The summed E-state index contributed by atoms with van der Waals surface area (Å²) in [6, 6.07) is 5.93. The molecule has 1 aromatic carbocycles. The van der Waals surface area contributed by atoms with Crippen molar-refractivity contribution in [2.45, 2.75) is 12.6 Å². The van der Waals surface area contributed by atoms with Crippen LogP contribution in [0.25, 0.3) is 12.2 Å². The van der Waals surface area contributed by atoms with Crippen LogP contribution in [-0.4, -0.2) is 21.8 Å². The maximum Gasteiger partial charge on any atom is 0.266 e. The lowest BCUT2D eigenvalue weighted by molar-refractivity contribution is -0.112. The summed E-state index contributed by atoms with van der Waals surface area (Å²) in [7, 11) is 0. The van der Waals surface area contributed by atoms with E-state index >= 15 is 0 Å². The summed E-state index contributed by atoms with van der Waals surface area (Å²) in [6.07, 6.45) is 13.1. The molecule has 1 unspecified atom stereocenters. The molecule has 0 bridgehead atoms. The van der Waals surface area contributed by atoms with Gasteiger partial charge >= 0.3 is 0 Å². The molecule has 1 aromatic heterocycles. The smallest absolute Gasteiger partial charge is 0.266 e. The number of nitrogens with one attached hydrogen (secondary N) is 2. The maximum absolute atomic E-state index is 13.2. The van der Waals surface area contributed by atoms with Crippen LogP contribution in [0.3, 0.4) is 0 Å². The Bertz CT molecular complexity index is 1160. The number of thiazole rings is 1. The summed E-state index contributed by atoms with van der Waals surface area (Å²) in [5.74, 6) is -0.571. The third-order valence-corrected chi connectivity index (χ3v) is 5.10. The molecule has 2 N–H and O–H groups in total. The molecule has 0 fully saturated rings. The van der Waals surface area contributed by atoms with Gasteiger partial charge < -0.3 is 15.2 Å². The lowest BCUT2D eigenvalue weighted by Crippen LogP contribution is -2.31. The van der Waals surface area contributed by atoms with Gasteiger partial charge in [0.2, 0.25) is 0 Å². The fourth-order valence-corrected chi connectivity index (χ4v) is 3.82. The van der Waals surface area contributed by atoms with Crippen LogP contribution in [0, 0.1) is 5.82 Å². The van der Waals surface area contributed by atoms with Crippen LogP contribution in [0.15, 0.2) is 65.4 Å². The number of carbonyl (C=O) groups excluding carboxylic acids is 1. The monoisotopic (exact) mass is 381 g/mol. The minimum atomic E-state index is -0.374. The molecule has 1 atom stereocenters. The summed E-state index contributed by atoms with van der Waals surface area (Å²) in [6.45, 7) is 0. The maximum atomic E-state index is 13.2. The molecule has 3 heterocycles. The number of aromatic nitrogens is 1. The number of hydrogen-bond acceptors (Lipinski definition) is 5. The lowest BCUT2D eigenvalue weighted by atomic mass is 10.1. The fraction of sp³-hybridized carbons (Fsp3) is 0.100. The van der Waals surface area contributed by atoms with Crippen molar-refractivity contribution in [1.29, 1.82) is 0 Å². The fourth-order valence-electron chi connectivity index (χ4n) is 2.91. The van der Waals surface area contributed by atoms with Crippen molar-refractivity contribution in [2.24, 2.45) is 0 Å². The molecule has 27 heavy (non-hydrogen) atoms. The molecule has 0 aliphatic carbocycles. The number of nitrogens with zero attached hydrogens (tertiary/aromatic N) is 1. The van der Waals surface area contributed by atoms with Crippen LogP contribution >= 0.6 is 11.3 Å². The normalized spacial score (nSPS) is 19.2. The van der Waals surface area contributed by atoms with Gasteiger partial charge in [0.1, 0.15) is 12.0 Å². The lowest BCUT2D eigenvalue weighted by Gasteiger charge is -2.22. The van der Waals surface area contributed by atoms with Gasteiger partial charge in [-0.05, 0) is 35.4 Å². The van der Waals surface area contributed by atoms with Gasteiger partial charge in [-0.2, -0.15) is 0 Å². The van der Waals surface area contributed by atoms with Crippen molar-refractivity contribution in [3.63, 3.8) is 0 Å². The van der Waals surface area contributed by atoms with Crippen LogP contribution in [0.4, 0.5) is 4.39 Å². The largest absolute Gasteiger partial charge is 0.366 e. The van der Waals surface area contributed by atoms with E-state index in [1.165, 1.54) is 29.5 Å². The van der Waals surface area contributed by atoms with E-state index < -0.39 is 0 Å². The van der Waals surface area contributed by atoms with Crippen LogP contribution in [0.1, 0.15) is 5.56 Å². The van der Waals surface area contributed by atoms with Crippen molar-refractivity contribution in [1.82, 2.24) is 15.2 Å². The molecule has 2 aliphatic rings. The summed E-state index contributed by atoms with van der Waals surface area (Å²) in [5, 5.41) is 3.17. The Labute approximate surface area is 158 Å². The Morgan fingerprint density at radius 1 is 1.37 bits per heavy atom.